The Morgan fingerprint density at radius 2 is 2.19 bits per heavy atom. The third-order valence-corrected chi connectivity index (χ3v) is 4.67. The van der Waals surface area contributed by atoms with Gasteiger partial charge < -0.3 is 15.1 Å². The Bertz CT molecular complexity index is 474. The van der Waals surface area contributed by atoms with Crippen LogP contribution in [0.25, 0.3) is 0 Å². The van der Waals surface area contributed by atoms with Crippen LogP contribution in [0.3, 0.4) is 0 Å². The van der Waals surface area contributed by atoms with Crippen molar-refractivity contribution in [3.8, 4) is 0 Å². The van der Waals surface area contributed by atoms with Crippen LogP contribution in [0.4, 0.5) is 5.13 Å². The topological polar surface area (TPSA) is 61.4 Å². The average molecular weight is 311 g/mol. The number of anilines is 1. The number of likely N-dealkylation sites (N-methyl/N-ethyl adjacent to an activating group) is 1. The standard InChI is InChI=1S/C14H25N5OS/c1-10(2)7-11-9-18(4)5-6-19(11)13(20)8-12-16-17-14(15-3)21-12/h10-11H,5-9H2,1-4H3,(H,15,17). The van der Waals surface area contributed by atoms with E-state index in [-0.39, 0.29) is 5.91 Å². The molecule has 21 heavy (non-hydrogen) atoms. The van der Waals surface area contributed by atoms with Crippen molar-refractivity contribution in [1.29, 1.82) is 0 Å². The first-order chi connectivity index (χ1) is 9.99. The molecule has 1 aliphatic heterocycles. The number of hydrogen-bond acceptors (Lipinski definition) is 6. The molecule has 1 amide bonds. The molecule has 1 atom stereocenters. The minimum Gasteiger partial charge on any atom is -0.363 e. The van der Waals surface area contributed by atoms with Crippen molar-refractivity contribution in [2.24, 2.45) is 5.92 Å². The van der Waals surface area contributed by atoms with Gasteiger partial charge in [0, 0.05) is 32.7 Å². The monoisotopic (exact) mass is 311 g/mol. The first kappa shape index (κ1) is 16.2. The zero-order chi connectivity index (χ0) is 15.4. The van der Waals surface area contributed by atoms with E-state index >= 15 is 0 Å². The molecule has 7 heteroatoms. The second-order valence-electron chi connectivity index (χ2n) is 6.06. The highest BCUT2D eigenvalue weighted by Crippen LogP contribution is 2.20. The highest BCUT2D eigenvalue weighted by molar-refractivity contribution is 7.15. The lowest BCUT2D eigenvalue weighted by atomic mass is 10.00. The molecule has 6 nitrogen and oxygen atoms in total. The normalized spacial score (nSPS) is 20.0. The van der Waals surface area contributed by atoms with Crippen LogP contribution < -0.4 is 5.32 Å². The molecule has 2 rings (SSSR count). The lowest BCUT2D eigenvalue weighted by molar-refractivity contribution is -0.135. The van der Waals surface area contributed by atoms with Crippen molar-refractivity contribution in [1.82, 2.24) is 20.0 Å². The van der Waals surface area contributed by atoms with Crippen molar-refractivity contribution < 1.29 is 4.79 Å². The van der Waals surface area contributed by atoms with Crippen molar-refractivity contribution in [3.05, 3.63) is 5.01 Å². The van der Waals surface area contributed by atoms with Crippen LogP contribution in [-0.2, 0) is 11.2 Å². The molecule has 0 bridgehead atoms. The largest absolute Gasteiger partial charge is 0.363 e. The third kappa shape index (κ3) is 4.38. The summed E-state index contributed by atoms with van der Waals surface area (Å²) in [6, 6.07) is 0.313. The van der Waals surface area contributed by atoms with Gasteiger partial charge in [-0.05, 0) is 19.4 Å². The van der Waals surface area contributed by atoms with E-state index in [9.17, 15) is 4.79 Å². The van der Waals surface area contributed by atoms with Crippen LogP contribution in [0.2, 0.25) is 0 Å². The van der Waals surface area contributed by atoms with Crippen LogP contribution in [0, 0.1) is 5.92 Å². The minimum absolute atomic E-state index is 0.174. The van der Waals surface area contributed by atoms with Gasteiger partial charge in [0.1, 0.15) is 5.01 Å². The number of aromatic nitrogens is 2. The van der Waals surface area contributed by atoms with Crippen LogP contribution in [0.1, 0.15) is 25.3 Å². The maximum absolute atomic E-state index is 12.6. The number of nitrogens with zero attached hydrogens (tertiary/aromatic N) is 4. The summed E-state index contributed by atoms with van der Waals surface area (Å²) in [5.74, 6) is 0.766. The Morgan fingerprint density at radius 3 is 2.81 bits per heavy atom. The maximum Gasteiger partial charge on any atom is 0.229 e. The Hall–Kier alpha value is -1.21. The van der Waals surface area contributed by atoms with E-state index < -0.39 is 0 Å². The number of rotatable bonds is 5. The molecule has 1 fully saturated rings. The molecular formula is C14H25N5OS. The smallest absolute Gasteiger partial charge is 0.229 e. The van der Waals surface area contributed by atoms with Crippen LogP contribution in [-0.4, -0.2) is 65.7 Å². The predicted molar refractivity (Wildman–Crippen MR) is 85.6 cm³/mol. The summed E-state index contributed by atoms with van der Waals surface area (Å²) < 4.78 is 0. The van der Waals surface area contributed by atoms with Gasteiger partial charge in [-0.1, -0.05) is 25.2 Å². The quantitative estimate of drug-likeness (QED) is 0.888. The van der Waals surface area contributed by atoms with E-state index in [1.165, 1.54) is 11.3 Å². The SMILES string of the molecule is CNc1nnc(CC(=O)N2CCN(C)CC2CC(C)C)s1. The summed E-state index contributed by atoms with van der Waals surface area (Å²) in [6.45, 7) is 7.13. The molecular weight excluding hydrogens is 286 g/mol. The summed E-state index contributed by atoms with van der Waals surface area (Å²) in [5, 5.41) is 12.6. The molecule has 1 N–H and O–H groups in total. The fourth-order valence-electron chi connectivity index (χ4n) is 2.74. The van der Waals surface area contributed by atoms with Crippen LogP contribution in [0.15, 0.2) is 0 Å². The molecule has 2 heterocycles. The summed E-state index contributed by atoms with van der Waals surface area (Å²) in [4.78, 5) is 16.9. The number of carbonyl (C=O) groups excluding carboxylic acids is 1. The summed E-state index contributed by atoms with van der Waals surface area (Å²) in [6.07, 6.45) is 1.41. The van der Waals surface area contributed by atoms with E-state index in [4.69, 9.17) is 0 Å². The molecule has 0 saturated carbocycles. The molecule has 0 radical (unpaired) electrons. The second-order valence-corrected chi connectivity index (χ2v) is 7.12. The van der Waals surface area contributed by atoms with Crippen LogP contribution >= 0.6 is 11.3 Å². The fraction of sp³-hybridized carbons (Fsp3) is 0.786. The van der Waals surface area contributed by atoms with Crippen molar-refractivity contribution in [3.63, 3.8) is 0 Å². The average Bonchev–Trinajstić information content (AvgIpc) is 2.85. The molecule has 1 aromatic heterocycles. The van der Waals surface area contributed by atoms with E-state index in [1.807, 2.05) is 11.9 Å². The summed E-state index contributed by atoms with van der Waals surface area (Å²) in [7, 11) is 3.93. The Labute approximate surface area is 130 Å². The molecule has 1 aromatic rings. The highest BCUT2D eigenvalue weighted by atomic mass is 32.1. The van der Waals surface area contributed by atoms with Crippen molar-refractivity contribution in [2.75, 3.05) is 39.0 Å². The van der Waals surface area contributed by atoms with Crippen LogP contribution in [0.5, 0.6) is 0 Å². The zero-order valence-electron chi connectivity index (χ0n) is 13.3. The van der Waals surface area contributed by atoms with Gasteiger partial charge in [-0.25, -0.2) is 0 Å². The third-order valence-electron chi connectivity index (χ3n) is 3.73. The van der Waals surface area contributed by atoms with E-state index in [1.54, 1.807) is 0 Å². The molecule has 1 saturated heterocycles. The van der Waals surface area contributed by atoms with Gasteiger partial charge in [0.05, 0.1) is 6.42 Å². The van der Waals surface area contributed by atoms with E-state index in [2.05, 4.69) is 41.3 Å². The van der Waals surface area contributed by atoms with Gasteiger partial charge in [0.25, 0.3) is 0 Å². The zero-order valence-corrected chi connectivity index (χ0v) is 14.1. The molecule has 0 spiro atoms. The fourth-order valence-corrected chi connectivity index (χ4v) is 3.43. The lowest BCUT2D eigenvalue weighted by Gasteiger charge is -2.40. The van der Waals surface area contributed by atoms with Gasteiger partial charge in [-0.3, -0.25) is 4.79 Å². The summed E-state index contributed by atoms with van der Waals surface area (Å²) >= 11 is 1.45. The number of carbonyl (C=O) groups is 1. The Balaban J connectivity index is 2.01. The number of piperazine rings is 1. The molecule has 1 aliphatic rings. The Morgan fingerprint density at radius 1 is 1.43 bits per heavy atom. The molecule has 1 unspecified atom stereocenters. The van der Waals surface area contributed by atoms with E-state index in [0.29, 0.717) is 18.4 Å². The van der Waals surface area contributed by atoms with Gasteiger partial charge >= 0.3 is 0 Å². The van der Waals surface area contributed by atoms with Gasteiger partial charge in [0.2, 0.25) is 11.0 Å². The van der Waals surface area contributed by atoms with Gasteiger partial charge in [-0.2, -0.15) is 0 Å². The number of amides is 1. The number of nitrogens with one attached hydrogen (secondary N) is 1. The summed E-state index contributed by atoms with van der Waals surface area (Å²) in [5.41, 5.74) is 0. The minimum atomic E-state index is 0.174. The Kier molecular flexibility index (Phi) is 5.52. The lowest BCUT2D eigenvalue weighted by Crippen LogP contribution is -2.54. The first-order valence-corrected chi connectivity index (χ1v) is 8.29. The van der Waals surface area contributed by atoms with Crippen molar-refractivity contribution >= 4 is 22.4 Å². The number of hydrogen-bond donors (Lipinski definition) is 1. The van der Waals surface area contributed by atoms with Crippen molar-refractivity contribution in [2.45, 2.75) is 32.7 Å². The molecule has 0 aromatic carbocycles. The maximum atomic E-state index is 12.6. The first-order valence-electron chi connectivity index (χ1n) is 7.47. The second kappa shape index (κ2) is 7.17. The van der Waals surface area contributed by atoms with Gasteiger partial charge in [-0.15, -0.1) is 10.2 Å². The van der Waals surface area contributed by atoms with Gasteiger partial charge in [0.15, 0.2) is 0 Å². The van der Waals surface area contributed by atoms with E-state index in [0.717, 1.165) is 36.2 Å². The highest BCUT2D eigenvalue weighted by Gasteiger charge is 2.29. The molecule has 0 aliphatic carbocycles. The molecule has 118 valence electrons. The predicted octanol–water partition coefficient (Wildman–Crippen LogP) is 1.31.